The second-order valence-electron chi connectivity index (χ2n) is 4.39. The molecule has 68 valence electrons. The fourth-order valence-electron chi connectivity index (χ4n) is 1.62. The minimum absolute atomic E-state index is 1.15. The van der Waals surface area contributed by atoms with Gasteiger partial charge in [-0.2, -0.15) is 5.10 Å². The van der Waals surface area contributed by atoms with Gasteiger partial charge in [0.25, 0.3) is 0 Å². The molecule has 0 radical (unpaired) electrons. The standard InChI is InChI=1S/C10H14N2Si/c1-13(2,3)10-6-4-5-9-8(10)7-11-12-9/h4-7H,1-3H3,(H,11,12). The van der Waals surface area contributed by atoms with E-state index in [-0.39, 0.29) is 0 Å². The molecule has 0 saturated heterocycles. The molecule has 13 heavy (non-hydrogen) atoms. The highest BCUT2D eigenvalue weighted by Crippen LogP contribution is 2.12. The molecule has 0 atom stereocenters. The summed E-state index contributed by atoms with van der Waals surface area (Å²) in [6.45, 7) is 7.07. The number of H-pyrrole nitrogens is 1. The summed E-state index contributed by atoms with van der Waals surface area (Å²) in [6, 6.07) is 6.41. The number of aromatic nitrogens is 2. The Balaban J connectivity index is 2.75. The molecule has 3 heteroatoms. The number of rotatable bonds is 1. The molecule has 0 aliphatic rings. The number of aromatic amines is 1. The molecule has 2 aromatic rings. The lowest BCUT2D eigenvalue weighted by Crippen LogP contribution is -2.37. The molecule has 0 amide bonds. The molecule has 2 rings (SSSR count). The number of benzene rings is 1. The maximum absolute atomic E-state index is 4.07. The number of hydrogen-bond donors (Lipinski definition) is 1. The van der Waals surface area contributed by atoms with Gasteiger partial charge in [0, 0.05) is 5.39 Å². The van der Waals surface area contributed by atoms with Crippen LogP contribution in [0.2, 0.25) is 19.6 Å². The van der Waals surface area contributed by atoms with Crippen molar-refractivity contribution in [1.29, 1.82) is 0 Å². The van der Waals surface area contributed by atoms with Gasteiger partial charge in [-0.25, -0.2) is 0 Å². The van der Waals surface area contributed by atoms with Gasteiger partial charge in [-0.15, -0.1) is 0 Å². The fraction of sp³-hybridized carbons (Fsp3) is 0.300. The second-order valence-corrected chi connectivity index (χ2v) is 9.43. The van der Waals surface area contributed by atoms with Crippen LogP contribution in [0.1, 0.15) is 0 Å². The summed E-state index contributed by atoms with van der Waals surface area (Å²) in [4.78, 5) is 0. The number of fused-ring (bicyclic) bond motifs is 1. The van der Waals surface area contributed by atoms with E-state index in [0.717, 1.165) is 5.52 Å². The Morgan fingerprint density at radius 1 is 1.23 bits per heavy atom. The van der Waals surface area contributed by atoms with Crippen LogP contribution in [0.15, 0.2) is 24.4 Å². The first-order chi connectivity index (χ1) is 6.09. The van der Waals surface area contributed by atoms with Crippen molar-refractivity contribution < 1.29 is 0 Å². The van der Waals surface area contributed by atoms with Gasteiger partial charge < -0.3 is 0 Å². The van der Waals surface area contributed by atoms with Gasteiger partial charge in [0.1, 0.15) is 0 Å². The van der Waals surface area contributed by atoms with E-state index < -0.39 is 8.07 Å². The molecule has 0 spiro atoms. The van der Waals surface area contributed by atoms with Crippen molar-refractivity contribution in [3.8, 4) is 0 Å². The summed E-state index contributed by atoms with van der Waals surface area (Å²) in [6.07, 6.45) is 1.93. The predicted octanol–water partition coefficient (Wildman–Crippen LogP) is 2.11. The third-order valence-corrected chi connectivity index (χ3v) is 4.34. The van der Waals surface area contributed by atoms with Crippen LogP contribution in [0, 0.1) is 0 Å². The summed E-state index contributed by atoms with van der Waals surface area (Å²) in [5.41, 5.74) is 1.15. The van der Waals surface area contributed by atoms with Crippen LogP contribution in [0.4, 0.5) is 0 Å². The topological polar surface area (TPSA) is 28.7 Å². The smallest absolute Gasteiger partial charge is 0.0785 e. The van der Waals surface area contributed by atoms with Gasteiger partial charge >= 0.3 is 0 Å². The van der Waals surface area contributed by atoms with Crippen molar-refractivity contribution in [2.75, 3.05) is 0 Å². The summed E-state index contributed by atoms with van der Waals surface area (Å²) in [5.74, 6) is 0. The molecule has 0 unspecified atom stereocenters. The zero-order chi connectivity index (χ0) is 9.47. The molecule has 1 aromatic carbocycles. The summed E-state index contributed by atoms with van der Waals surface area (Å²) < 4.78 is 0. The van der Waals surface area contributed by atoms with E-state index in [9.17, 15) is 0 Å². The number of nitrogens with one attached hydrogen (secondary N) is 1. The first-order valence-electron chi connectivity index (χ1n) is 4.51. The van der Waals surface area contributed by atoms with Crippen LogP contribution in [-0.4, -0.2) is 18.3 Å². The van der Waals surface area contributed by atoms with E-state index >= 15 is 0 Å². The van der Waals surface area contributed by atoms with Crippen molar-refractivity contribution in [2.45, 2.75) is 19.6 Å². The quantitative estimate of drug-likeness (QED) is 0.685. The van der Waals surface area contributed by atoms with Crippen molar-refractivity contribution in [1.82, 2.24) is 10.2 Å². The number of hydrogen-bond acceptors (Lipinski definition) is 1. The Hall–Kier alpha value is -1.09. The van der Waals surface area contributed by atoms with Crippen LogP contribution < -0.4 is 5.19 Å². The Morgan fingerprint density at radius 3 is 2.69 bits per heavy atom. The van der Waals surface area contributed by atoms with Crippen LogP contribution in [-0.2, 0) is 0 Å². The van der Waals surface area contributed by atoms with E-state index in [2.05, 4.69) is 48.0 Å². The zero-order valence-electron chi connectivity index (χ0n) is 8.26. The molecule has 0 aliphatic heterocycles. The van der Waals surface area contributed by atoms with Crippen molar-refractivity contribution in [3.63, 3.8) is 0 Å². The van der Waals surface area contributed by atoms with E-state index in [4.69, 9.17) is 0 Å². The maximum atomic E-state index is 4.07. The van der Waals surface area contributed by atoms with Crippen molar-refractivity contribution in [3.05, 3.63) is 24.4 Å². The first kappa shape index (κ1) is 8.50. The largest absolute Gasteiger partial charge is 0.278 e. The van der Waals surface area contributed by atoms with Gasteiger partial charge in [-0.3, -0.25) is 5.10 Å². The summed E-state index contributed by atoms with van der Waals surface area (Å²) in [7, 11) is -1.22. The number of nitrogens with zero attached hydrogens (tertiary/aromatic N) is 1. The molecular formula is C10H14N2Si. The van der Waals surface area contributed by atoms with Crippen LogP contribution >= 0.6 is 0 Å². The molecule has 1 N–H and O–H groups in total. The Kier molecular flexibility index (Phi) is 1.77. The van der Waals surface area contributed by atoms with Gasteiger partial charge in [-0.05, 0) is 11.3 Å². The highest BCUT2D eigenvalue weighted by atomic mass is 28.3. The third kappa shape index (κ3) is 1.39. The van der Waals surface area contributed by atoms with Gasteiger partial charge in [0.15, 0.2) is 0 Å². The zero-order valence-corrected chi connectivity index (χ0v) is 9.26. The van der Waals surface area contributed by atoms with E-state index in [1.165, 1.54) is 10.6 Å². The van der Waals surface area contributed by atoms with Gasteiger partial charge in [0.05, 0.1) is 19.8 Å². The van der Waals surface area contributed by atoms with E-state index in [0.29, 0.717) is 0 Å². The fourth-order valence-corrected chi connectivity index (χ4v) is 3.23. The highest BCUT2D eigenvalue weighted by Gasteiger charge is 2.19. The average molecular weight is 190 g/mol. The normalized spacial score (nSPS) is 12.2. The Bertz CT molecular complexity index is 426. The Morgan fingerprint density at radius 2 is 2.00 bits per heavy atom. The molecule has 1 aromatic heterocycles. The van der Waals surface area contributed by atoms with E-state index in [1.807, 2.05) is 6.20 Å². The molecular weight excluding hydrogens is 176 g/mol. The predicted molar refractivity (Wildman–Crippen MR) is 59.1 cm³/mol. The van der Waals surface area contributed by atoms with Gasteiger partial charge in [-0.1, -0.05) is 31.8 Å². The van der Waals surface area contributed by atoms with Crippen LogP contribution in [0.25, 0.3) is 10.9 Å². The molecule has 0 saturated carbocycles. The minimum Gasteiger partial charge on any atom is -0.278 e. The SMILES string of the molecule is C[Si](C)(C)c1cccc2[nH]ncc12. The second kappa shape index (κ2) is 2.70. The molecule has 0 aliphatic carbocycles. The van der Waals surface area contributed by atoms with E-state index in [1.54, 1.807) is 0 Å². The van der Waals surface area contributed by atoms with Gasteiger partial charge in [0.2, 0.25) is 0 Å². The molecule has 0 bridgehead atoms. The summed E-state index contributed by atoms with van der Waals surface area (Å²) >= 11 is 0. The Labute approximate surface area is 79.0 Å². The lowest BCUT2D eigenvalue weighted by Gasteiger charge is -2.17. The van der Waals surface area contributed by atoms with Crippen LogP contribution in [0.5, 0.6) is 0 Å². The highest BCUT2D eigenvalue weighted by molar-refractivity contribution is 6.90. The molecule has 2 nitrogen and oxygen atoms in total. The minimum atomic E-state index is -1.22. The third-order valence-electron chi connectivity index (χ3n) is 2.29. The lowest BCUT2D eigenvalue weighted by molar-refractivity contribution is 1.12. The maximum Gasteiger partial charge on any atom is 0.0785 e. The molecule has 1 heterocycles. The lowest BCUT2D eigenvalue weighted by atomic mass is 10.3. The van der Waals surface area contributed by atoms with Crippen molar-refractivity contribution in [2.24, 2.45) is 0 Å². The van der Waals surface area contributed by atoms with Crippen molar-refractivity contribution >= 4 is 24.2 Å². The van der Waals surface area contributed by atoms with Crippen LogP contribution in [0.3, 0.4) is 0 Å². The summed E-state index contributed by atoms with van der Waals surface area (Å²) in [5, 5.41) is 9.86. The first-order valence-corrected chi connectivity index (χ1v) is 8.01. The molecule has 0 fully saturated rings. The average Bonchev–Trinajstić information content (AvgIpc) is 2.48. The monoisotopic (exact) mass is 190 g/mol.